The lowest BCUT2D eigenvalue weighted by molar-refractivity contribution is -0.536. The first-order valence-electron chi connectivity index (χ1n) is 4.08. The summed E-state index contributed by atoms with van der Waals surface area (Å²) in [4.78, 5) is 9.40. The highest BCUT2D eigenvalue weighted by Gasteiger charge is 1.98. The van der Waals surface area contributed by atoms with Crippen LogP contribution in [0.4, 0.5) is 0 Å². The summed E-state index contributed by atoms with van der Waals surface area (Å²) in [6.45, 7) is 0.569. The van der Waals surface area contributed by atoms with Crippen LogP contribution in [0.1, 0.15) is 5.56 Å². The molecule has 8 N–H and O–H groups in total. The third-order valence-corrected chi connectivity index (χ3v) is 1.48. The first-order valence-corrected chi connectivity index (χ1v) is 4.08. The van der Waals surface area contributed by atoms with Gasteiger partial charge in [-0.1, -0.05) is 6.07 Å². The fourth-order valence-electron chi connectivity index (χ4n) is 0.900. The lowest BCUT2D eigenvalue weighted by Crippen LogP contribution is -2.97. The monoisotopic (exact) mass is 194 g/mol. The van der Waals surface area contributed by atoms with E-state index in [1.807, 2.05) is 12.1 Å². The van der Waals surface area contributed by atoms with Crippen LogP contribution in [0.25, 0.3) is 0 Å². The maximum atomic E-state index is 5.52. The molecule has 14 heavy (non-hydrogen) atoms. The quantitative estimate of drug-likeness (QED) is 0.240. The van der Waals surface area contributed by atoms with Crippen molar-refractivity contribution < 1.29 is 9.98 Å². The molecule has 6 nitrogen and oxygen atoms in total. The number of aromatic nitrogens is 1. The van der Waals surface area contributed by atoms with Gasteiger partial charge in [-0.05, 0) is 6.07 Å². The van der Waals surface area contributed by atoms with Gasteiger partial charge in [0.15, 0.2) is 0 Å². The Morgan fingerprint density at radius 1 is 1.36 bits per heavy atom. The second-order valence-electron chi connectivity index (χ2n) is 2.71. The van der Waals surface area contributed by atoms with Gasteiger partial charge in [-0.15, -0.1) is 0 Å². The lowest BCUT2D eigenvalue weighted by Gasteiger charge is -1.92. The second-order valence-corrected chi connectivity index (χ2v) is 2.71. The van der Waals surface area contributed by atoms with Crippen LogP contribution < -0.4 is 27.2 Å². The van der Waals surface area contributed by atoms with E-state index >= 15 is 0 Å². The minimum Gasteiger partial charge on any atom is -0.275 e. The van der Waals surface area contributed by atoms with E-state index in [1.54, 1.807) is 12.4 Å². The van der Waals surface area contributed by atoms with Crippen LogP contribution in [0.2, 0.25) is 0 Å². The van der Waals surface area contributed by atoms with Crippen molar-refractivity contribution in [3.63, 3.8) is 0 Å². The minimum absolute atomic E-state index is 0.0567. The highest BCUT2D eigenvalue weighted by Crippen LogP contribution is 1.89. The van der Waals surface area contributed by atoms with Crippen molar-refractivity contribution in [3.05, 3.63) is 30.1 Å². The Morgan fingerprint density at radius 3 is 2.71 bits per heavy atom. The molecule has 0 aliphatic rings. The third-order valence-electron chi connectivity index (χ3n) is 1.48. The Bertz CT molecular complexity index is 338. The minimum atomic E-state index is 0.0567. The van der Waals surface area contributed by atoms with E-state index in [4.69, 9.17) is 17.2 Å². The van der Waals surface area contributed by atoms with Gasteiger partial charge in [-0.2, -0.15) is 4.99 Å². The molecule has 1 aromatic heterocycles. The summed E-state index contributed by atoms with van der Waals surface area (Å²) in [5.41, 5.74) is 16.9. The van der Waals surface area contributed by atoms with Crippen molar-refractivity contribution in [1.29, 1.82) is 0 Å². The van der Waals surface area contributed by atoms with Crippen LogP contribution in [-0.2, 0) is 6.54 Å². The predicted molar refractivity (Wildman–Crippen MR) is 52.4 cm³/mol. The van der Waals surface area contributed by atoms with Crippen LogP contribution in [0.3, 0.4) is 0 Å². The summed E-state index contributed by atoms with van der Waals surface area (Å²) < 4.78 is 0. The summed E-state index contributed by atoms with van der Waals surface area (Å²) in [6, 6.07) is 3.78. The highest BCUT2D eigenvalue weighted by molar-refractivity contribution is 5.75. The number of rotatable bonds is 2. The summed E-state index contributed by atoms with van der Waals surface area (Å²) in [7, 11) is 0. The molecule has 0 amide bonds. The Hall–Kier alpha value is -2.11. The smallest absolute Gasteiger partial charge is 0.275 e. The van der Waals surface area contributed by atoms with Crippen molar-refractivity contribution in [2.24, 2.45) is 17.2 Å². The molecule has 1 heterocycles. The van der Waals surface area contributed by atoms with Gasteiger partial charge < -0.3 is 0 Å². The van der Waals surface area contributed by atoms with Gasteiger partial charge in [-0.25, -0.2) is 0 Å². The maximum Gasteiger partial charge on any atom is 0.385 e. The molecule has 0 radical (unpaired) electrons. The Labute approximate surface area is 81.6 Å². The molecule has 1 aromatic rings. The molecule has 0 spiro atoms. The third kappa shape index (κ3) is 3.53. The number of guanidine groups is 2. The lowest BCUT2D eigenvalue weighted by atomic mass is 10.3. The highest BCUT2D eigenvalue weighted by atomic mass is 15.1. The number of nitrogens with zero attached hydrogens (tertiary/aromatic N) is 1. The fraction of sp³-hybridized carbons (Fsp3) is 0.125. The zero-order valence-electron chi connectivity index (χ0n) is 7.70. The number of hydrogen-bond donors (Lipinski definition) is 5. The number of pyridine rings is 1. The average molecular weight is 194 g/mol. The molecule has 0 saturated heterocycles. The van der Waals surface area contributed by atoms with Gasteiger partial charge in [0.05, 0.1) is 6.54 Å². The fourth-order valence-corrected chi connectivity index (χ4v) is 0.900. The zero-order chi connectivity index (χ0) is 10.4. The Kier molecular flexibility index (Phi) is 3.42. The average Bonchev–Trinajstić information content (AvgIpc) is 2.15. The Balaban J connectivity index is 2.60. The van der Waals surface area contributed by atoms with Crippen molar-refractivity contribution in [2.45, 2.75) is 6.54 Å². The summed E-state index contributed by atoms with van der Waals surface area (Å²) >= 11 is 0. The molecule has 0 aliphatic carbocycles. The summed E-state index contributed by atoms with van der Waals surface area (Å²) in [5.74, 6) is 0.370. The molecular formula is C8H14N6+2. The van der Waals surface area contributed by atoms with Gasteiger partial charge in [0.2, 0.25) is 0 Å². The van der Waals surface area contributed by atoms with E-state index in [-0.39, 0.29) is 5.96 Å². The molecule has 0 unspecified atom stereocenters. The molecule has 0 bridgehead atoms. The van der Waals surface area contributed by atoms with Crippen LogP contribution >= 0.6 is 0 Å². The largest absolute Gasteiger partial charge is 0.385 e. The maximum absolute atomic E-state index is 5.52. The molecule has 6 heteroatoms. The van der Waals surface area contributed by atoms with Crippen molar-refractivity contribution in [2.75, 3.05) is 0 Å². The van der Waals surface area contributed by atoms with E-state index in [1.165, 1.54) is 0 Å². The van der Waals surface area contributed by atoms with E-state index in [0.29, 0.717) is 12.5 Å². The number of hydrogen-bond acceptors (Lipinski definition) is 1. The topological polar surface area (TPSA) is 119 Å². The molecular weight excluding hydrogens is 180 g/mol. The van der Waals surface area contributed by atoms with Gasteiger partial charge in [-0.3, -0.25) is 27.2 Å². The molecule has 0 fully saturated rings. The molecule has 0 atom stereocenters. The Morgan fingerprint density at radius 2 is 2.14 bits per heavy atom. The van der Waals surface area contributed by atoms with Gasteiger partial charge >= 0.3 is 11.9 Å². The molecule has 74 valence electrons. The summed E-state index contributed by atoms with van der Waals surface area (Å²) in [6.07, 6.45) is 3.45. The van der Waals surface area contributed by atoms with Crippen LogP contribution in [0.5, 0.6) is 0 Å². The number of nitrogens with two attached hydrogens (primary N) is 3. The molecule has 0 saturated carbocycles. The molecule has 0 aromatic carbocycles. The second kappa shape index (κ2) is 4.80. The molecule has 0 aliphatic heterocycles. The predicted octanol–water partition coefficient (Wildman–Crippen LogP) is -4.67. The van der Waals surface area contributed by atoms with E-state index in [9.17, 15) is 0 Å². The first-order chi connectivity index (χ1) is 6.68. The summed E-state index contributed by atoms with van der Waals surface area (Å²) in [5, 5.41) is 0. The van der Waals surface area contributed by atoms with Crippen LogP contribution in [-0.4, -0.2) is 16.9 Å². The van der Waals surface area contributed by atoms with Crippen LogP contribution in [0.15, 0.2) is 24.5 Å². The normalized spacial score (nSPS) is 11.0. The number of nitrogens with one attached hydrogen (secondary N) is 2. The van der Waals surface area contributed by atoms with E-state index < -0.39 is 0 Å². The van der Waals surface area contributed by atoms with E-state index in [0.717, 1.165) is 5.56 Å². The zero-order valence-corrected chi connectivity index (χ0v) is 7.70. The van der Waals surface area contributed by atoms with Crippen LogP contribution in [0, 0.1) is 0 Å². The standard InChI is InChI=1S/C8H12N6/c9-7(10)14-8(11)13-5-6-2-1-3-12-4-6/h1-4H,5H2,(H6,9,10,11,13,14)/p+2. The van der Waals surface area contributed by atoms with Crippen molar-refractivity contribution >= 4 is 11.9 Å². The van der Waals surface area contributed by atoms with Gasteiger partial charge in [0.25, 0.3) is 0 Å². The SMILES string of the molecule is NC(N)=[NH+]C(N)=[NH+]Cc1cccnc1. The van der Waals surface area contributed by atoms with E-state index in [2.05, 4.69) is 15.0 Å². The van der Waals surface area contributed by atoms with Crippen molar-refractivity contribution in [3.8, 4) is 0 Å². The van der Waals surface area contributed by atoms with Gasteiger partial charge in [0, 0.05) is 18.0 Å². The van der Waals surface area contributed by atoms with Gasteiger partial charge in [0.1, 0.15) is 0 Å². The van der Waals surface area contributed by atoms with Crippen molar-refractivity contribution in [1.82, 2.24) is 4.98 Å². The molecule has 1 rings (SSSR count). The first kappa shape index (κ1) is 9.97.